The van der Waals surface area contributed by atoms with Gasteiger partial charge >= 0.3 is 0 Å². The van der Waals surface area contributed by atoms with Crippen LogP contribution < -0.4 is 14.4 Å². The summed E-state index contributed by atoms with van der Waals surface area (Å²) in [6, 6.07) is 12.0. The van der Waals surface area contributed by atoms with Crippen LogP contribution in [-0.4, -0.2) is 57.1 Å². The normalized spacial score (nSPS) is 14.6. The number of carbonyl (C=O) groups excluding carboxylic acids is 2. The first-order valence-corrected chi connectivity index (χ1v) is 14.9. The number of rotatable bonds is 13. The molecular weight excluding hydrogens is 509 g/mol. The van der Waals surface area contributed by atoms with E-state index in [4.69, 9.17) is 4.74 Å². The van der Waals surface area contributed by atoms with Crippen molar-refractivity contribution in [2.24, 2.45) is 0 Å². The summed E-state index contributed by atoms with van der Waals surface area (Å²) in [5, 5.41) is 3.12. The van der Waals surface area contributed by atoms with Crippen molar-refractivity contribution in [1.29, 1.82) is 0 Å². The van der Waals surface area contributed by atoms with Gasteiger partial charge in [-0.15, -0.1) is 0 Å². The van der Waals surface area contributed by atoms with Gasteiger partial charge in [0.05, 0.1) is 19.1 Å². The summed E-state index contributed by atoms with van der Waals surface area (Å²) >= 11 is 0. The first kappa shape index (κ1) is 29.4. The molecule has 3 rings (SSSR count). The van der Waals surface area contributed by atoms with E-state index in [1.54, 1.807) is 12.0 Å². The number of hydrogen-bond acceptors (Lipinski definition) is 5. The van der Waals surface area contributed by atoms with Crippen LogP contribution in [0, 0.1) is 5.82 Å². The molecule has 10 heteroatoms. The second kappa shape index (κ2) is 13.6. The predicted octanol–water partition coefficient (Wildman–Crippen LogP) is 4.25. The largest absolute Gasteiger partial charge is 0.497 e. The van der Waals surface area contributed by atoms with Gasteiger partial charge in [0.15, 0.2) is 0 Å². The minimum absolute atomic E-state index is 0.0522. The lowest BCUT2D eigenvalue weighted by atomic mass is 10.1. The van der Waals surface area contributed by atoms with E-state index >= 15 is 0 Å². The molecule has 1 aliphatic rings. The number of nitrogens with one attached hydrogen (secondary N) is 1. The second-order valence-electron chi connectivity index (χ2n) is 9.70. The second-order valence-corrected chi connectivity index (χ2v) is 11.6. The quantitative estimate of drug-likeness (QED) is 0.405. The van der Waals surface area contributed by atoms with Gasteiger partial charge in [-0.05, 0) is 67.6 Å². The number of amides is 2. The Morgan fingerprint density at radius 1 is 1.08 bits per heavy atom. The molecule has 8 nitrogen and oxygen atoms in total. The fourth-order valence-corrected chi connectivity index (χ4v) is 5.79. The highest BCUT2D eigenvalue weighted by molar-refractivity contribution is 7.92. The van der Waals surface area contributed by atoms with Crippen molar-refractivity contribution in [2.45, 2.75) is 70.5 Å². The summed E-state index contributed by atoms with van der Waals surface area (Å²) < 4.78 is 44.6. The first-order chi connectivity index (χ1) is 18.1. The summed E-state index contributed by atoms with van der Waals surface area (Å²) in [5.74, 6) is -0.167. The SMILES string of the molecule is CCC(C(=O)NC1CCCC1)N(Cc1ccc(OC)cc1)C(=O)CCCN(c1ccc(F)cc1)S(C)(=O)=O. The standard InChI is InChI=1S/C28H38FN3O5S/c1-4-26(28(34)30-23-8-5-6-9-23)31(20-21-11-17-25(37-2)18-12-21)27(33)10-7-19-32(38(3,35)36)24-15-13-22(29)14-16-24/h11-18,23,26H,4-10,19-20H2,1-3H3,(H,30,34). The predicted molar refractivity (Wildman–Crippen MR) is 146 cm³/mol. The molecule has 0 radical (unpaired) electrons. The van der Waals surface area contributed by atoms with E-state index in [1.807, 2.05) is 31.2 Å². The van der Waals surface area contributed by atoms with Crippen molar-refractivity contribution < 1.29 is 27.1 Å². The smallest absolute Gasteiger partial charge is 0.243 e. The van der Waals surface area contributed by atoms with Gasteiger partial charge in [-0.25, -0.2) is 12.8 Å². The Balaban J connectivity index is 1.75. The van der Waals surface area contributed by atoms with Crippen LogP contribution in [0.25, 0.3) is 0 Å². The highest BCUT2D eigenvalue weighted by Gasteiger charge is 2.30. The van der Waals surface area contributed by atoms with Crippen molar-refractivity contribution in [3.05, 3.63) is 59.9 Å². The number of carbonyl (C=O) groups is 2. The van der Waals surface area contributed by atoms with Gasteiger partial charge < -0.3 is 15.0 Å². The molecule has 1 saturated carbocycles. The molecule has 0 aromatic heterocycles. The Bertz CT molecular complexity index is 1170. The molecule has 1 atom stereocenters. The van der Waals surface area contributed by atoms with Crippen LogP contribution in [0.15, 0.2) is 48.5 Å². The van der Waals surface area contributed by atoms with Gasteiger partial charge in [0.25, 0.3) is 0 Å². The number of benzene rings is 2. The van der Waals surface area contributed by atoms with E-state index in [0.29, 0.717) is 17.9 Å². The molecule has 2 amide bonds. The molecule has 1 N–H and O–H groups in total. The molecule has 38 heavy (non-hydrogen) atoms. The van der Waals surface area contributed by atoms with Crippen molar-refractivity contribution in [2.75, 3.05) is 24.2 Å². The highest BCUT2D eigenvalue weighted by Crippen LogP contribution is 2.22. The average Bonchev–Trinajstić information content (AvgIpc) is 3.40. The number of hydrogen-bond donors (Lipinski definition) is 1. The summed E-state index contributed by atoms with van der Waals surface area (Å²) in [6.45, 7) is 2.18. The number of nitrogens with zero attached hydrogens (tertiary/aromatic N) is 2. The van der Waals surface area contributed by atoms with Crippen LogP contribution in [-0.2, 0) is 26.2 Å². The third-order valence-electron chi connectivity index (χ3n) is 6.87. The summed E-state index contributed by atoms with van der Waals surface area (Å²) in [4.78, 5) is 28.4. The molecule has 2 aromatic carbocycles. The van der Waals surface area contributed by atoms with Gasteiger partial charge in [-0.2, -0.15) is 0 Å². The summed E-state index contributed by atoms with van der Waals surface area (Å²) in [5.41, 5.74) is 1.19. The Labute approximate surface area is 225 Å². The van der Waals surface area contributed by atoms with Crippen LogP contribution in [0.2, 0.25) is 0 Å². The minimum atomic E-state index is -3.64. The van der Waals surface area contributed by atoms with E-state index in [2.05, 4.69) is 5.32 Å². The first-order valence-electron chi connectivity index (χ1n) is 13.1. The molecule has 0 aliphatic heterocycles. The number of anilines is 1. The lowest BCUT2D eigenvalue weighted by molar-refractivity contribution is -0.141. The van der Waals surface area contributed by atoms with Crippen LogP contribution in [0.5, 0.6) is 5.75 Å². The number of methoxy groups -OCH3 is 1. The molecule has 0 spiro atoms. The molecule has 0 saturated heterocycles. The fourth-order valence-electron chi connectivity index (χ4n) is 4.83. The maximum atomic E-state index is 13.5. The molecule has 1 fully saturated rings. The van der Waals surface area contributed by atoms with Gasteiger partial charge in [-0.1, -0.05) is 31.9 Å². The van der Waals surface area contributed by atoms with Crippen LogP contribution in [0.4, 0.5) is 10.1 Å². The number of ether oxygens (including phenoxy) is 1. The van der Waals surface area contributed by atoms with Gasteiger partial charge in [0.1, 0.15) is 17.6 Å². The van der Waals surface area contributed by atoms with Crippen molar-refractivity contribution in [3.63, 3.8) is 0 Å². The maximum Gasteiger partial charge on any atom is 0.243 e. The minimum Gasteiger partial charge on any atom is -0.497 e. The zero-order chi connectivity index (χ0) is 27.7. The molecular formula is C28H38FN3O5S. The van der Waals surface area contributed by atoms with Crippen LogP contribution in [0.3, 0.4) is 0 Å². The summed E-state index contributed by atoms with van der Waals surface area (Å²) in [6.07, 6.45) is 5.88. The van der Waals surface area contributed by atoms with Gasteiger partial charge in [0.2, 0.25) is 21.8 Å². The maximum absolute atomic E-state index is 13.5. The van der Waals surface area contributed by atoms with Crippen molar-refractivity contribution >= 4 is 27.5 Å². The molecule has 2 aromatic rings. The lowest BCUT2D eigenvalue weighted by Gasteiger charge is -2.32. The highest BCUT2D eigenvalue weighted by atomic mass is 32.2. The molecule has 1 unspecified atom stereocenters. The molecule has 0 heterocycles. The summed E-state index contributed by atoms with van der Waals surface area (Å²) in [7, 11) is -2.06. The zero-order valence-corrected chi connectivity index (χ0v) is 23.2. The Hall–Kier alpha value is -3.14. The average molecular weight is 548 g/mol. The van der Waals surface area contributed by atoms with Crippen molar-refractivity contribution in [1.82, 2.24) is 10.2 Å². The van der Waals surface area contributed by atoms with Crippen LogP contribution >= 0.6 is 0 Å². The fraction of sp³-hybridized carbons (Fsp3) is 0.500. The topological polar surface area (TPSA) is 96.0 Å². The molecule has 208 valence electrons. The van der Waals surface area contributed by atoms with E-state index in [0.717, 1.165) is 41.8 Å². The Morgan fingerprint density at radius 3 is 2.26 bits per heavy atom. The van der Waals surface area contributed by atoms with Gasteiger partial charge in [0, 0.05) is 25.6 Å². The zero-order valence-electron chi connectivity index (χ0n) is 22.4. The lowest BCUT2D eigenvalue weighted by Crippen LogP contribution is -2.51. The number of sulfonamides is 1. The Kier molecular flexibility index (Phi) is 10.5. The van der Waals surface area contributed by atoms with Crippen LogP contribution in [0.1, 0.15) is 57.4 Å². The number of halogens is 1. The molecule has 0 bridgehead atoms. The monoisotopic (exact) mass is 547 g/mol. The van der Waals surface area contributed by atoms with E-state index in [-0.39, 0.29) is 43.8 Å². The third-order valence-corrected chi connectivity index (χ3v) is 8.06. The van der Waals surface area contributed by atoms with Crippen molar-refractivity contribution in [3.8, 4) is 5.75 Å². The third kappa shape index (κ3) is 8.18. The Morgan fingerprint density at radius 2 is 1.71 bits per heavy atom. The molecule has 1 aliphatic carbocycles. The van der Waals surface area contributed by atoms with Gasteiger partial charge in [-0.3, -0.25) is 13.9 Å². The van der Waals surface area contributed by atoms with E-state index in [9.17, 15) is 22.4 Å². The van der Waals surface area contributed by atoms with E-state index < -0.39 is 21.9 Å². The van der Waals surface area contributed by atoms with E-state index in [1.165, 1.54) is 24.3 Å².